The molecule has 2 aliphatic rings. The van der Waals surface area contributed by atoms with E-state index in [4.69, 9.17) is 27.7 Å². The van der Waals surface area contributed by atoms with E-state index in [1.54, 1.807) is 6.07 Å². The van der Waals surface area contributed by atoms with Crippen LogP contribution in [0.5, 0.6) is 0 Å². The average Bonchev–Trinajstić information content (AvgIpc) is 3.77. The molecule has 202 valence electrons. The third kappa shape index (κ3) is 6.05. The Hall–Kier alpha value is -2.50. The number of alkyl halides is 3. The van der Waals surface area contributed by atoms with Crippen LogP contribution in [-0.4, -0.2) is 46.1 Å². The smallest absolute Gasteiger partial charge is 0.352 e. The Kier molecular flexibility index (Phi) is 7.54. The third-order valence-corrected chi connectivity index (χ3v) is 7.86. The van der Waals surface area contributed by atoms with Gasteiger partial charge in [0.05, 0.1) is 28.9 Å². The minimum absolute atomic E-state index is 0.186. The lowest BCUT2D eigenvalue weighted by Crippen LogP contribution is -2.39. The second-order valence-electron chi connectivity index (χ2n) is 9.43. The van der Waals surface area contributed by atoms with Crippen LogP contribution in [-0.2, 0) is 10.2 Å². The first-order valence-electron chi connectivity index (χ1n) is 12.1. The van der Waals surface area contributed by atoms with Crippen molar-refractivity contribution in [2.75, 3.05) is 29.1 Å². The average molecular weight is 586 g/mol. The SMILES string of the molecule is CCSc1ccc(N(CC(=O)Nc2cc(Cl)c(C3(c4noc(C5CC5)n4)CC3)c(Cl)c2)CC(F)(F)F)cn1. The fourth-order valence-electron chi connectivity index (χ4n) is 4.36. The van der Waals surface area contributed by atoms with Gasteiger partial charge in [0.25, 0.3) is 0 Å². The predicted molar refractivity (Wildman–Crippen MR) is 140 cm³/mol. The van der Waals surface area contributed by atoms with E-state index >= 15 is 0 Å². The second-order valence-corrected chi connectivity index (χ2v) is 11.5. The zero-order valence-corrected chi connectivity index (χ0v) is 22.6. The van der Waals surface area contributed by atoms with Crippen LogP contribution in [0, 0.1) is 0 Å². The summed E-state index contributed by atoms with van der Waals surface area (Å²) in [7, 11) is 0. The second kappa shape index (κ2) is 10.6. The Morgan fingerprint density at radius 1 is 1.24 bits per heavy atom. The Balaban J connectivity index is 1.31. The van der Waals surface area contributed by atoms with E-state index < -0.39 is 30.6 Å². The molecule has 0 atom stereocenters. The molecule has 0 unspecified atom stereocenters. The van der Waals surface area contributed by atoms with Crippen LogP contribution in [0.2, 0.25) is 10.0 Å². The summed E-state index contributed by atoms with van der Waals surface area (Å²) in [6.07, 6.45) is 0.380. The summed E-state index contributed by atoms with van der Waals surface area (Å²) in [5, 5.41) is 8.09. The van der Waals surface area contributed by atoms with Gasteiger partial charge in [0, 0.05) is 27.2 Å². The molecule has 1 N–H and O–H groups in total. The van der Waals surface area contributed by atoms with E-state index in [0.29, 0.717) is 38.3 Å². The molecule has 7 nitrogen and oxygen atoms in total. The van der Waals surface area contributed by atoms with Gasteiger partial charge in [-0.3, -0.25) is 4.79 Å². The number of amides is 1. The van der Waals surface area contributed by atoms with E-state index in [-0.39, 0.29) is 11.4 Å². The van der Waals surface area contributed by atoms with E-state index in [9.17, 15) is 18.0 Å². The van der Waals surface area contributed by atoms with Gasteiger partial charge in [0.1, 0.15) is 6.54 Å². The summed E-state index contributed by atoms with van der Waals surface area (Å²) in [5.74, 6) is 1.60. The Bertz CT molecular complexity index is 1300. The minimum Gasteiger partial charge on any atom is -0.352 e. The number of nitrogens with zero attached hydrogens (tertiary/aromatic N) is 4. The number of carbonyl (C=O) groups excluding carboxylic acids is 1. The normalized spacial score (nSPS) is 16.4. The Morgan fingerprint density at radius 3 is 2.50 bits per heavy atom. The lowest BCUT2D eigenvalue weighted by molar-refractivity contribution is -0.122. The summed E-state index contributed by atoms with van der Waals surface area (Å²) in [6, 6.07) is 6.23. The van der Waals surface area contributed by atoms with Gasteiger partial charge in [-0.05, 0) is 55.7 Å². The standard InChI is InChI=1S/C25H24Cl2F3N5O2S/c1-2-38-20-6-5-16(11-31-20)35(13-25(28,29)30)12-19(36)32-15-9-17(26)21(18(27)10-15)24(7-8-24)23-33-22(37-34-23)14-3-4-14/h5-6,9-11,14H,2-4,7-8,12-13H2,1H3,(H,32,36). The molecule has 0 bridgehead atoms. The Morgan fingerprint density at radius 2 is 1.95 bits per heavy atom. The first kappa shape index (κ1) is 27.1. The van der Waals surface area contributed by atoms with Crippen molar-refractivity contribution in [1.82, 2.24) is 15.1 Å². The van der Waals surface area contributed by atoms with Crippen LogP contribution < -0.4 is 10.2 Å². The van der Waals surface area contributed by atoms with Crippen LogP contribution in [0.15, 0.2) is 40.0 Å². The molecule has 2 aliphatic carbocycles. The summed E-state index contributed by atoms with van der Waals surface area (Å²) < 4.78 is 45.3. The first-order valence-corrected chi connectivity index (χ1v) is 13.9. The van der Waals surface area contributed by atoms with Gasteiger partial charge in [0.2, 0.25) is 11.8 Å². The van der Waals surface area contributed by atoms with E-state index in [2.05, 4.69) is 20.4 Å². The highest BCUT2D eigenvalue weighted by Crippen LogP contribution is 2.57. The maximum atomic E-state index is 13.3. The van der Waals surface area contributed by atoms with Crippen molar-refractivity contribution in [2.45, 2.75) is 55.1 Å². The molecule has 0 aliphatic heterocycles. The van der Waals surface area contributed by atoms with Crippen LogP contribution in [0.25, 0.3) is 0 Å². The van der Waals surface area contributed by atoms with Crippen molar-refractivity contribution < 1.29 is 22.5 Å². The number of benzene rings is 1. The highest BCUT2D eigenvalue weighted by molar-refractivity contribution is 7.99. The lowest BCUT2D eigenvalue weighted by atomic mass is 9.94. The molecule has 2 aromatic heterocycles. The van der Waals surface area contributed by atoms with Gasteiger partial charge in [-0.1, -0.05) is 35.3 Å². The molecule has 3 aromatic rings. The fourth-order valence-corrected chi connectivity index (χ4v) is 5.80. The van der Waals surface area contributed by atoms with Gasteiger partial charge in [-0.15, -0.1) is 11.8 Å². The molecule has 1 aromatic carbocycles. The molecule has 38 heavy (non-hydrogen) atoms. The molecule has 2 saturated carbocycles. The van der Waals surface area contributed by atoms with Crippen molar-refractivity contribution in [3.8, 4) is 0 Å². The predicted octanol–water partition coefficient (Wildman–Crippen LogP) is 6.85. The molecular weight excluding hydrogens is 562 g/mol. The number of pyridine rings is 1. The number of hydrogen-bond acceptors (Lipinski definition) is 7. The quantitative estimate of drug-likeness (QED) is 0.260. The molecule has 5 rings (SSSR count). The number of aromatic nitrogens is 3. The number of thioether (sulfide) groups is 1. The summed E-state index contributed by atoms with van der Waals surface area (Å²) in [4.78, 5) is 22.5. The number of halogens is 5. The van der Waals surface area contributed by atoms with Gasteiger partial charge >= 0.3 is 6.18 Å². The molecule has 1 amide bonds. The molecule has 0 saturated heterocycles. The molecule has 0 radical (unpaired) electrons. The van der Waals surface area contributed by atoms with Crippen molar-refractivity contribution >= 4 is 52.2 Å². The number of anilines is 2. The monoisotopic (exact) mass is 585 g/mol. The molecule has 2 fully saturated rings. The van der Waals surface area contributed by atoms with Crippen molar-refractivity contribution in [2.24, 2.45) is 0 Å². The number of nitrogens with one attached hydrogen (secondary N) is 1. The van der Waals surface area contributed by atoms with Crippen LogP contribution in [0.1, 0.15) is 55.8 Å². The number of rotatable bonds is 10. The van der Waals surface area contributed by atoms with E-state index in [0.717, 1.165) is 36.3 Å². The number of carbonyl (C=O) groups is 1. The summed E-state index contributed by atoms with van der Waals surface area (Å²) in [6.45, 7) is 0.0975. The first-order chi connectivity index (χ1) is 18.1. The molecular formula is C25H24Cl2F3N5O2S. The number of hydrogen-bond donors (Lipinski definition) is 1. The van der Waals surface area contributed by atoms with E-state index in [1.165, 1.54) is 36.2 Å². The van der Waals surface area contributed by atoms with Gasteiger partial charge in [-0.25, -0.2) is 4.98 Å². The topological polar surface area (TPSA) is 84.2 Å². The lowest BCUT2D eigenvalue weighted by Gasteiger charge is -2.25. The largest absolute Gasteiger partial charge is 0.405 e. The summed E-state index contributed by atoms with van der Waals surface area (Å²) >= 11 is 14.7. The van der Waals surface area contributed by atoms with Gasteiger partial charge in [-0.2, -0.15) is 18.2 Å². The van der Waals surface area contributed by atoms with Gasteiger partial charge < -0.3 is 14.7 Å². The van der Waals surface area contributed by atoms with Crippen molar-refractivity contribution in [3.05, 3.63) is 57.8 Å². The van der Waals surface area contributed by atoms with Crippen LogP contribution in [0.3, 0.4) is 0 Å². The minimum atomic E-state index is -4.52. The third-order valence-electron chi connectivity index (χ3n) is 6.43. The van der Waals surface area contributed by atoms with Crippen molar-refractivity contribution in [1.29, 1.82) is 0 Å². The fraction of sp³-hybridized carbons (Fsp3) is 0.440. The van der Waals surface area contributed by atoms with Gasteiger partial charge in [0.15, 0.2) is 5.82 Å². The van der Waals surface area contributed by atoms with E-state index in [1.807, 2.05) is 6.92 Å². The molecule has 13 heteroatoms. The molecule has 2 heterocycles. The maximum absolute atomic E-state index is 13.3. The summed E-state index contributed by atoms with van der Waals surface area (Å²) in [5.41, 5.74) is 0.560. The highest BCUT2D eigenvalue weighted by Gasteiger charge is 2.53. The van der Waals surface area contributed by atoms with Crippen LogP contribution >= 0.6 is 35.0 Å². The van der Waals surface area contributed by atoms with Crippen LogP contribution in [0.4, 0.5) is 24.5 Å². The zero-order valence-electron chi connectivity index (χ0n) is 20.3. The zero-order chi connectivity index (χ0) is 27.1. The Labute approximate surface area is 231 Å². The maximum Gasteiger partial charge on any atom is 0.405 e. The van der Waals surface area contributed by atoms with Crippen molar-refractivity contribution in [3.63, 3.8) is 0 Å². The highest BCUT2D eigenvalue weighted by atomic mass is 35.5. The molecule has 0 spiro atoms.